The minimum atomic E-state index is -0.0858. The van der Waals surface area contributed by atoms with Crippen molar-refractivity contribution >= 4 is 5.91 Å². The summed E-state index contributed by atoms with van der Waals surface area (Å²) in [6.45, 7) is 5.30. The highest BCUT2D eigenvalue weighted by atomic mass is 16.5. The molecule has 0 fully saturated rings. The van der Waals surface area contributed by atoms with Crippen LogP contribution in [0.2, 0.25) is 0 Å². The summed E-state index contributed by atoms with van der Waals surface area (Å²) in [6.07, 6.45) is 1.80. The van der Waals surface area contributed by atoms with E-state index < -0.39 is 0 Å². The monoisotopic (exact) mass is 188 g/mol. The van der Waals surface area contributed by atoms with E-state index in [1.54, 1.807) is 0 Å². The Kier molecular flexibility index (Phi) is 7.63. The number of amides is 1. The second-order valence-electron chi connectivity index (χ2n) is 3.02. The molecule has 0 spiro atoms. The van der Waals surface area contributed by atoms with Crippen molar-refractivity contribution in [2.24, 2.45) is 5.73 Å². The van der Waals surface area contributed by atoms with Crippen LogP contribution >= 0.6 is 0 Å². The van der Waals surface area contributed by atoms with Crippen LogP contribution in [0.4, 0.5) is 0 Å². The van der Waals surface area contributed by atoms with Gasteiger partial charge in [0, 0.05) is 19.2 Å². The maximum Gasteiger partial charge on any atom is 0.246 e. The lowest BCUT2D eigenvalue weighted by Crippen LogP contribution is -2.38. The van der Waals surface area contributed by atoms with Gasteiger partial charge >= 0.3 is 0 Å². The third-order valence-electron chi connectivity index (χ3n) is 1.67. The predicted molar refractivity (Wildman–Crippen MR) is 52.4 cm³/mol. The number of nitrogens with one attached hydrogen (secondary N) is 1. The lowest BCUT2D eigenvalue weighted by molar-refractivity contribution is -0.125. The predicted octanol–water partition coefficient (Wildman–Crippen LogP) is 0.267. The quantitative estimate of drug-likeness (QED) is 0.563. The van der Waals surface area contributed by atoms with Crippen LogP contribution in [0.1, 0.15) is 26.7 Å². The van der Waals surface area contributed by atoms with Crippen LogP contribution in [-0.2, 0) is 9.53 Å². The van der Waals surface area contributed by atoms with E-state index in [2.05, 4.69) is 5.32 Å². The number of hydrogen-bond acceptors (Lipinski definition) is 3. The first-order valence-electron chi connectivity index (χ1n) is 4.80. The molecule has 0 aliphatic heterocycles. The zero-order chi connectivity index (χ0) is 10.1. The molecule has 0 heterocycles. The largest absolute Gasteiger partial charge is 0.372 e. The maximum absolute atomic E-state index is 11.0. The topological polar surface area (TPSA) is 64.3 Å². The Morgan fingerprint density at radius 2 is 2.23 bits per heavy atom. The Hall–Kier alpha value is -0.610. The lowest BCUT2D eigenvalue weighted by atomic mass is 10.2. The van der Waals surface area contributed by atoms with Gasteiger partial charge in [-0.2, -0.15) is 0 Å². The van der Waals surface area contributed by atoms with Gasteiger partial charge in [0.15, 0.2) is 0 Å². The molecule has 0 aromatic carbocycles. The molecule has 0 bridgehead atoms. The average molecular weight is 188 g/mol. The molecule has 0 saturated heterocycles. The average Bonchev–Trinajstić information content (AvgIpc) is 2.14. The van der Waals surface area contributed by atoms with Crippen LogP contribution in [-0.4, -0.2) is 31.7 Å². The summed E-state index contributed by atoms with van der Waals surface area (Å²) in [6, 6.07) is 0.0510. The first-order chi connectivity index (χ1) is 6.20. The summed E-state index contributed by atoms with van der Waals surface area (Å²) in [5, 5.41) is 2.70. The SMILES string of the molecule is CCCOCC(=O)NCC(N)CC. The summed E-state index contributed by atoms with van der Waals surface area (Å²) in [4.78, 5) is 11.0. The molecule has 0 radical (unpaired) electrons. The first-order valence-corrected chi connectivity index (χ1v) is 4.80. The molecule has 4 nitrogen and oxygen atoms in total. The van der Waals surface area contributed by atoms with Gasteiger partial charge < -0.3 is 15.8 Å². The van der Waals surface area contributed by atoms with E-state index >= 15 is 0 Å². The third kappa shape index (κ3) is 7.74. The highest BCUT2D eigenvalue weighted by molar-refractivity contribution is 5.77. The zero-order valence-corrected chi connectivity index (χ0v) is 8.51. The highest BCUT2D eigenvalue weighted by Gasteiger charge is 2.03. The van der Waals surface area contributed by atoms with Gasteiger partial charge in [-0.15, -0.1) is 0 Å². The fraction of sp³-hybridized carbons (Fsp3) is 0.889. The van der Waals surface area contributed by atoms with Gasteiger partial charge in [-0.05, 0) is 12.8 Å². The van der Waals surface area contributed by atoms with Crippen molar-refractivity contribution in [3.63, 3.8) is 0 Å². The Morgan fingerprint density at radius 1 is 1.54 bits per heavy atom. The van der Waals surface area contributed by atoms with Crippen LogP contribution in [0.25, 0.3) is 0 Å². The van der Waals surface area contributed by atoms with Crippen molar-refractivity contribution in [3.05, 3.63) is 0 Å². The van der Waals surface area contributed by atoms with E-state index in [1.165, 1.54) is 0 Å². The first kappa shape index (κ1) is 12.4. The summed E-state index contributed by atoms with van der Waals surface area (Å²) < 4.78 is 5.06. The molecule has 1 amide bonds. The summed E-state index contributed by atoms with van der Waals surface area (Å²) in [7, 11) is 0. The molecule has 0 aliphatic carbocycles. The van der Waals surface area contributed by atoms with Crippen molar-refractivity contribution in [2.45, 2.75) is 32.7 Å². The van der Waals surface area contributed by atoms with Gasteiger partial charge in [-0.25, -0.2) is 0 Å². The number of carbonyl (C=O) groups excluding carboxylic acids is 1. The van der Waals surface area contributed by atoms with Gasteiger partial charge in [0.2, 0.25) is 5.91 Å². The molecular weight excluding hydrogens is 168 g/mol. The van der Waals surface area contributed by atoms with E-state index in [1.807, 2.05) is 13.8 Å². The van der Waals surface area contributed by atoms with Crippen molar-refractivity contribution in [2.75, 3.05) is 19.8 Å². The Labute approximate surface area is 79.8 Å². The molecule has 0 rings (SSSR count). The van der Waals surface area contributed by atoms with Crippen LogP contribution in [0, 0.1) is 0 Å². The second kappa shape index (κ2) is 8.01. The zero-order valence-electron chi connectivity index (χ0n) is 8.51. The lowest BCUT2D eigenvalue weighted by Gasteiger charge is -2.10. The molecule has 1 atom stereocenters. The molecule has 0 aromatic rings. The van der Waals surface area contributed by atoms with E-state index in [9.17, 15) is 4.79 Å². The number of nitrogens with two attached hydrogens (primary N) is 1. The molecule has 0 saturated carbocycles. The molecule has 13 heavy (non-hydrogen) atoms. The maximum atomic E-state index is 11.0. The van der Waals surface area contributed by atoms with Crippen molar-refractivity contribution in [1.82, 2.24) is 5.32 Å². The third-order valence-corrected chi connectivity index (χ3v) is 1.67. The van der Waals surface area contributed by atoms with Crippen molar-refractivity contribution in [3.8, 4) is 0 Å². The van der Waals surface area contributed by atoms with Gasteiger partial charge in [-0.1, -0.05) is 13.8 Å². The van der Waals surface area contributed by atoms with E-state index in [0.29, 0.717) is 13.2 Å². The minimum Gasteiger partial charge on any atom is -0.372 e. The Morgan fingerprint density at radius 3 is 2.77 bits per heavy atom. The van der Waals surface area contributed by atoms with Gasteiger partial charge in [0.25, 0.3) is 0 Å². The number of ether oxygens (including phenoxy) is 1. The fourth-order valence-electron chi connectivity index (χ4n) is 0.750. The van der Waals surface area contributed by atoms with Crippen LogP contribution in [0.5, 0.6) is 0 Å². The van der Waals surface area contributed by atoms with Gasteiger partial charge in [0.1, 0.15) is 6.61 Å². The van der Waals surface area contributed by atoms with Gasteiger partial charge in [0.05, 0.1) is 0 Å². The molecule has 1 unspecified atom stereocenters. The number of hydrogen-bond donors (Lipinski definition) is 2. The summed E-state index contributed by atoms with van der Waals surface area (Å²) in [5.74, 6) is -0.0858. The van der Waals surface area contributed by atoms with E-state index in [0.717, 1.165) is 12.8 Å². The normalized spacial score (nSPS) is 12.5. The fourth-order valence-corrected chi connectivity index (χ4v) is 0.750. The Bertz CT molecular complexity index is 140. The standard InChI is InChI=1S/C9H20N2O2/c1-3-5-13-7-9(12)11-6-8(10)4-2/h8H,3-7,10H2,1-2H3,(H,11,12). The summed E-state index contributed by atoms with van der Waals surface area (Å²) in [5.41, 5.74) is 5.62. The summed E-state index contributed by atoms with van der Waals surface area (Å²) >= 11 is 0. The van der Waals surface area contributed by atoms with Crippen LogP contribution < -0.4 is 11.1 Å². The van der Waals surface area contributed by atoms with Crippen molar-refractivity contribution in [1.29, 1.82) is 0 Å². The van der Waals surface area contributed by atoms with Crippen molar-refractivity contribution < 1.29 is 9.53 Å². The van der Waals surface area contributed by atoms with E-state index in [4.69, 9.17) is 10.5 Å². The van der Waals surface area contributed by atoms with E-state index in [-0.39, 0.29) is 18.6 Å². The molecule has 4 heteroatoms. The van der Waals surface area contributed by atoms with Crippen LogP contribution in [0.3, 0.4) is 0 Å². The molecule has 78 valence electrons. The highest BCUT2D eigenvalue weighted by Crippen LogP contribution is 1.84. The van der Waals surface area contributed by atoms with Gasteiger partial charge in [-0.3, -0.25) is 4.79 Å². The molecule has 0 aromatic heterocycles. The second-order valence-corrected chi connectivity index (χ2v) is 3.02. The molecule has 3 N–H and O–H groups in total. The smallest absolute Gasteiger partial charge is 0.246 e. The number of carbonyl (C=O) groups is 1. The minimum absolute atomic E-state index is 0.0510. The van der Waals surface area contributed by atoms with Crippen LogP contribution in [0.15, 0.2) is 0 Å². The molecule has 0 aliphatic rings. The Balaban J connectivity index is 3.30. The molecular formula is C9H20N2O2. The number of rotatable bonds is 7.